The van der Waals surface area contributed by atoms with Gasteiger partial charge >= 0.3 is 5.97 Å². The first-order chi connectivity index (χ1) is 15.5. The Balaban J connectivity index is 1.92. The molecule has 32 heavy (non-hydrogen) atoms. The highest BCUT2D eigenvalue weighted by Crippen LogP contribution is 2.34. The predicted octanol–water partition coefficient (Wildman–Crippen LogP) is 4.60. The molecule has 1 heterocycles. The van der Waals surface area contributed by atoms with Gasteiger partial charge in [-0.25, -0.2) is 9.78 Å². The van der Waals surface area contributed by atoms with Gasteiger partial charge in [0.2, 0.25) is 0 Å². The number of thiazole rings is 1. The van der Waals surface area contributed by atoms with E-state index in [-0.39, 0.29) is 5.56 Å². The molecule has 2 aromatic carbocycles. The average molecular weight is 452 g/mol. The number of carbonyl (C=O) groups excluding carboxylic acids is 1. The van der Waals surface area contributed by atoms with Crippen molar-refractivity contribution in [2.45, 2.75) is 0 Å². The molecule has 1 N–H and O–H groups in total. The Kier molecular flexibility index (Phi) is 7.31. The van der Waals surface area contributed by atoms with Crippen LogP contribution in [-0.4, -0.2) is 39.4 Å². The fourth-order valence-corrected chi connectivity index (χ4v) is 3.66. The van der Waals surface area contributed by atoms with Crippen molar-refractivity contribution >= 4 is 28.6 Å². The van der Waals surface area contributed by atoms with Crippen LogP contribution in [0.5, 0.6) is 17.2 Å². The third-order valence-corrected chi connectivity index (χ3v) is 5.42. The molecule has 0 aliphatic heterocycles. The van der Waals surface area contributed by atoms with Crippen LogP contribution >= 0.6 is 11.3 Å². The zero-order valence-electron chi connectivity index (χ0n) is 18.0. The molecular weight excluding hydrogens is 430 g/mol. The Hall–Kier alpha value is -4.03. The molecule has 0 saturated heterocycles. The first-order valence-electron chi connectivity index (χ1n) is 9.36. The highest BCUT2D eigenvalue weighted by molar-refractivity contribution is 7.11. The lowest BCUT2D eigenvalue weighted by Gasteiger charge is -2.13. The Morgan fingerprint density at radius 1 is 1.06 bits per heavy atom. The molecule has 8 nitrogen and oxygen atoms in total. The molecule has 1 aromatic heterocycles. The van der Waals surface area contributed by atoms with E-state index in [1.807, 2.05) is 29.6 Å². The maximum Gasteiger partial charge on any atom is 0.340 e. The minimum Gasteiger partial charge on any atom is -0.497 e. The third-order valence-electron chi connectivity index (χ3n) is 4.54. The highest BCUT2D eigenvalue weighted by Gasteiger charge is 2.18. The molecule has 0 spiro atoms. The number of carbonyl (C=O) groups is 1. The fraction of sp³-hybridized carbons (Fsp3) is 0.174. The van der Waals surface area contributed by atoms with Crippen molar-refractivity contribution in [1.82, 2.24) is 4.98 Å². The summed E-state index contributed by atoms with van der Waals surface area (Å²) in [6, 6.07) is 12.8. The van der Waals surface area contributed by atoms with Crippen molar-refractivity contribution in [1.29, 1.82) is 5.26 Å². The number of hydrogen-bond donors (Lipinski definition) is 1. The van der Waals surface area contributed by atoms with Crippen LogP contribution in [0.25, 0.3) is 16.8 Å². The highest BCUT2D eigenvalue weighted by atomic mass is 32.1. The first kappa shape index (κ1) is 22.7. The number of anilines is 1. The van der Waals surface area contributed by atoms with Crippen molar-refractivity contribution < 1.29 is 23.7 Å². The quantitative estimate of drug-likeness (QED) is 0.392. The number of allylic oxidation sites excluding steroid dienone is 1. The van der Waals surface area contributed by atoms with Gasteiger partial charge in [0, 0.05) is 29.3 Å². The van der Waals surface area contributed by atoms with E-state index >= 15 is 0 Å². The van der Waals surface area contributed by atoms with Crippen LogP contribution in [0.2, 0.25) is 0 Å². The van der Waals surface area contributed by atoms with Gasteiger partial charge in [0.15, 0.2) is 11.5 Å². The van der Waals surface area contributed by atoms with E-state index in [1.165, 1.54) is 44.9 Å². The number of hydrogen-bond acceptors (Lipinski definition) is 9. The molecule has 3 aromatic rings. The van der Waals surface area contributed by atoms with Crippen molar-refractivity contribution in [3.8, 4) is 34.6 Å². The zero-order chi connectivity index (χ0) is 23.1. The number of benzene rings is 2. The monoisotopic (exact) mass is 451 g/mol. The second-order valence-electron chi connectivity index (χ2n) is 6.32. The second-order valence-corrected chi connectivity index (χ2v) is 7.18. The maximum absolute atomic E-state index is 12.2. The van der Waals surface area contributed by atoms with Gasteiger partial charge in [-0.15, -0.1) is 11.3 Å². The average Bonchev–Trinajstić information content (AvgIpc) is 3.33. The fourth-order valence-electron chi connectivity index (χ4n) is 2.86. The van der Waals surface area contributed by atoms with Crippen LogP contribution in [0.4, 0.5) is 5.69 Å². The second kappa shape index (κ2) is 10.3. The molecule has 0 unspecified atom stereocenters. The SMILES string of the molecule is COC(=O)c1cc(OC)c(OC)cc1NC=C(C#N)c1nc(-c2ccc(OC)cc2)cs1. The Morgan fingerprint density at radius 2 is 1.75 bits per heavy atom. The van der Waals surface area contributed by atoms with Crippen LogP contribution in [-0.2, 0) is 4.74 Å². The lowest BCUT2D eigenvalue weighted by Crippen LogP contribution is -2.07. The number of nitriles is 1. The molecule has 3 rings (SSSR count). The number of methoxy groups -OCH3 is 4. The van der Waals surface area contributed by atoms with Gasteiger partial charge in [0.05, 0.1) is 45.4 Å². The number of nitrogens with zero attached hydrogens (tertiary/aromatic N) is 2. The van der Waals surface area contributed by atoms with E-state index in [0.29, 0.717) is 27.8 Å². The van der Waals surface area contributed by atoms with Crippen molar-refractivity contribution in [3.05, 3.63) is 58.5 Å². The van der Waals surface area contributed by atoms with Crippen LogP contribution in [0, 0.1) is 11.3 Å². The van der Waals surface area contributed by atoms with Crippen LogP contribution in [0.1, 0.15) is 15.4 Å². The van der Waals surface area contributed by atoms with Gasteiger partial charge in [-0.05, 0) is 24.3 Å². The molecule has 0 aliphatic carbocycles. The van der Waals surface area contributed by atoms with Gasteiger partial charge in [0.1, 0.15) is 22.4 Å². The first-order valence-corrected chi connectivity index (χ1v) is 10.2. The summed E-state index contributed by atoms with van der Waals surface area (Å²) < 4.78 is 20.6. The normalized spacial score (nSPS) is 10.8. The molecular formula is C23H21N3O5S. The molecule has 0 atom stereocenters. The lowest BCUT2D eigenvalue weighted by molar-refractivity contribution is 0.0601. The summed E-state index contributed by atoms with van der Waals surface area (Å²) in [5, 5.41) is 15.1. The number of ether oxygens (including phenoxy) is 4. The molecule has 9 heteroatoms. The van der Waals surface area contributed by atoms with Crippen LogP contribution in [0.3, 0.4) is 0 Å². The summed E-state index contributed by atoms with van der Waals surface area (Å²) in [6.07, 6.45) is 1.49. The summed E-state index contributed by atoms with van der Waals surface area (Å²) in [5.74, 6) is 0.997. The molecule has 0 amide bonds. The summed E-state index contributed by atoms with van der Waals surface area (Å²) >= 11 is 1.34. The number of aromatic nitrogens is 1. The molecule has 0 bridgehead atoms. The summed E-state index contributed by atoms with van der Waals surface area (Å²) in [6.45, 7) is 0. The standard InChI is InChI=1S/C23H21N3O5S/c1-28-16-7-5-14(6-8-16)19-13-32-22(26-19)15(11-24)12-25-18-10-21(30-3)20(29-2)9-17(18)23(27)31-4/h5-10,12-13,25H,1-4H3. The number of rotatable bonds is 8. The minimum atomic E-state index is -0.559. The van der Waals surface area contributed by atoms with E-state index in [9.17, 15) is 10.1 Å². The molecule has 0 radical (unpaired) electrons. The number of esters is 1. The van der Waals surface area contributed by atoms with Gasteiger partial charge in [-0.3, -0.25) is 0 Å². The molecule has 0 aliphatic rings. The van der Waals surface area contributed by atoms with E-state index in [4.69, 9.17) is 18.9 Å². The van der Waals surface area contributed by atoms with E-state index in [1.54, 1.807) is 13.2 Å². The molecule has 0 saturated carbocycles. The topological polar surface area (TPSA) is 103 Å². The summed E-state index contributed by atoms with van der Waals surface area (Å²) in [7, 11) is 5.86. The van der Waals surface area contributed by atoms with Gasteiger partial charge < -0.3 is 24.3 Å². The minimum absolute atomic E-state index is 0.233. The largest absolute Gasteiger partial charge is 0.497 e. The van der Waals surface area contributed by atoms with E-state index < -0.39 is 5.97 Å². The smallest absolute Gasteiger partial charge is 0.340 e. The number of nitrogens with one attached hydrogen (secondary N) is 1. The summed E-state index contributed by atoms with van der Waals surface area (Å²) in [4.78, 5) is 16.8. The third kappa shape index (κ3) is 4.82. The van der Waals surface area contributed by atoms with E-state index in [0.717, 1.165) is 17.0 Å². The lowest BCUT2D eigenvalue weighted by atomic mass is 10.1. The zero-order valence-corrected chi connectivity index (χ0v) is 18.8. The van der Waals surface area contributed by atoms with Crippen LogP contribution in [0.15, 0.2) is 48.0 Å². The summed E-state index contributed by atoms with van der Waals surface area (Å²) in [5.41, 5.74) is 2.59. The van der Waals surface area contributed by atoms with Crippen molar-refractivity contribution in [2.75, 3.05) is 33.8 Å². The molecule has 0 fully saturated rings. The van der Waals surface area contributed by atoms with Gasteiger partial charge in [-0.2, -0.15) is 5.26 Å². The van der Waals surface area contributed by atoms with Crippen molar-refractivity contribution in [3.63, 3.8) is 0 Å². The predicted molar refractivity (Wildman–Crippen MR) is 122 cm³/mol. The Morgan fingerprint density at radius 3 is 2.34 bits per heavy atom. The van der Waals surface area contributed by atoms with Crippen molar-refractivity contribution in [2.24, 2.45) is 0 Å². The Bertz CT molecular complexity index is 1180. The maximum atomic E-state index is 12.2. The Labute approximate surface area is 189 Å². The molecule has 164 valence electrons. The van der Waals surface area contributed by atoms with Gasteiger partial charge in [-0.1, -0.05) is 0 Å². The van der Waals surface area contributed by atoms with Crippen LogP contribution < -0.4 is 19.5 Å². The van der Waals surface area contributed by atoms with E-state index in [2.05, 4.69) is 16.4 Å². The van der Waals surface area contributed by atoms with Gasteiger partial charge in [0.25, 0.3) is 0 Å².